The van der Waals surface area contributed by atoms with Crippen molar-refractivity contribution in [2.75, 3.05) is 6.54 Å². The van der Waals surface area contributed by atoms with Crippen LogP contribution in [0.25, 0.3) is 21.9 Å². The molecule has 0 saturated heterocycles. The molecule has 0 fully saturated rings. The van der Waals surface area contributed by atoms with Gasteiger partial charge in [0.15, 0.2) is 0 Å². The number of para-hydroxylation sites is 3. The van der Waals surface area contributed by atoms with E-state index in [9.17, 15) is 14.4 Å². The van der Waals surface area contributed by atoms with Crippen LogP contribution in [0.2, 0.25) is 0 Å². The van der Waals surface area contributed by atoms with Crippen molar-refractivity contribution >= 4 is 27.8 Å². The van der Waals surface area contributed by atoms with Crippen LogP contribution in [0.4, 0.5) is 0 Å². The van der Waals surface area contributed by atoms with E-state index in [0.29, 0.717) is 16.7 Å². The van der Waals surface area contributed by atoms with E-state index in [-0.39, 0.29) is 19.0 Å². The molecule has 136 valence electrons. The predicted octanol–water partition coefficient (Wildman–Crippen LogP) is 1.61. The van der Waals surface area contributed by atoms with Gasteiger partial charge >= 0.3 is 11.1 Å². The average molecular weight is 362 g/mol. The van der Waals surface area contributed by atoms with Crippen LogP contribution in [0.15, 0.2) is 64.2 Å². The molecule has 7 nitrogen and oxygen atoms in total. The molecule has 0 unspecified atom stereocenters. The average Bonchev–Trinajstić information content (AvgIpc) is 3.02. The molecule has 0 aliphatic carbocycles. The Balaban J connectivity index is 1.56. The number of nitrogens with zero attached hydrogens (tertiary/aromatic N) is 2. The molecule has 0 aliphatic heterocycles. The molecule has 2 N–H and O–H groups in total. The molecule has 0 spiro atoms. The number of H-pyrrole nitrogens is 1. The molecule has 0 saturated carbocycles. The summed E-state index contributed by atoms with van der Waals surface area (Å²) < 4.78 is 3.22. The third kappa shape index (κ3) is 2.93. The number of aromatic nitrogens is 3. The first-order valence-corrected chi connectivity index (χ1v) is 8.61. The molecule has 0 aliphatic rings. The minimum Gasteiger partial charge on any atom is -0.349 e. The molecule has 2 aromatic carbocycles. The maximum Gasteiger partial charge on any atom is 0.316 e. The zero-order valence-electron chi connectivity index (χ0n) is 14.7. The van der Waals surface area contributed by atoms with Gasteiger partial charge in [0.1, 0.15) is 5.69 Å². The second kappa shape index (κ2) is 6.60. The van der Waals surface area contributed by atoms with Crippen LogP contribution >= 0.6 is 0 Å². The molecular weight excluding hydrogens is 344 g/mol. The lowest BCUT2D eigenvalue weighted by Crippen LogP contribution is -2.39. The summed E-state index contributed by atoms with van der Waals surface area (Å²) in [7, 11) is 1.84. The van der Waals surface area contributed by atoms with Crippen LogP contribution in [0, 0.1) is 0 Å². The topological polar surface area (TPSA) is 88.9 Å². The largest absolute Gasteiger partial charge is 0.349 e. The maximum atomic E-state index is 12.6. The smallest absolute Gasteiger partial charge is 0.316 e. The Morgan fingerprint density at radius 1 is 1.04 bits per heavy atom. The van der Waals surface area contributed by atoms with Gasteiger partial charge in [-0.3, -0.25) is 14.4 Å². The molecule has 4 aromatic rings. The quantitative estimate of drug-likeness (QED) is 0.541. The van der Waals surface area contributed by atoms with Crippen LogP contribution in [-0.4, -0.2) is 26.6 Å². The van der Waals surface area contributed by atoms with E-state index in [4.69, 9.17) is 0 Å². The molecule has 0 atom stereocenters. The summed E-state index contributed by atoms with van der Waals surface area (Å²) in [6.45, 7) is 0.437. The van der Waals surface area contributed by atoms with Crippen LogP contribution in [0.1, 0.15) is 10.5 Å². The Bertz CT molecular complexity index is 1280. The fourth-order valence-electron chi connectivity index (χ4n) is 3.32. The summed E-state index contributed by atoms with van der Waals surface area (Å²) in [4.78, 5) is 39.2. The van der Waals surface area contributed by atoms with Crippen LogP contribution in [0.5, 0.6) is 0 Å². The van der Waals surface area contributed by atoms with E-state index in [1.54, 1.807) is 24.3 Å². The molecular formula is C20H18N4O3. The van der Waals surface area contributed by atoms with Crippen molar-refractivity contribution in [2.45, 2.75) is 6.54 Å². The Morgan fingerprint density at radius 2 is 1.74 bits per heavy atom. The molecule has 0 bridgehead atoms. The maximum absolute atomic E-state index is 12.6. The monoisotopic (exact) mass is 362 g/mol. The second-order valence-corrected chi connectivity index (χ2v) is 6.33. The fourth-order valence-corrected chi connectivity index (χ4v) is 3.32. The van der Waals surface area contributed by atoms with E-state index in [2.05, 4.69) is 10.3 Å². The fraction of sp³-hybridized carbons (Fsp3) is 0.150. The lowest BCUT2D eigenvalue weighted by Gasteiger charge is -2.11. The summed E-state index contributed by atoms with van der Waals surface area (Å²) in [5.74, 6) is -0.226. The summed E-state index contributed by atoms with van der Waals surface area (Å²) in [5.41, 5.74) is 1.42. The summed E-state index contributed by atoms with van der Waals surface area (Å²) in [6.07, 6.45) is 0. The van der Waals surface area contributed by atoms with Crippen molar-refractivity contribution in [3.05, 3.63) is 81.0 Å². The minimum absolute atomic E-state index is 0.207. The SMILES string of the molecule is Cn1c(C(=O)NCCn2c(=O)c(=O)[nH]c3ccccc32)cc2ccccc21. The third-order valence-corrected chi connectivity index (χ3v) is 4.69. The third-order valence-electron chi connectivity index (χ3n) is 4.69. The van der Waals surface area contributed by atoms with Gasteiger partial charge in [-0.15, -0.1) is 0 Å². The van der Waals surface area contributed by atoms with Gasteiger partial charge in [0.25, 0.3) is 5.91 Å². The lowest BCUT2D eigenvalue weighted by atomic mass is 10.2. The zero-order chi connectivity index (χ0) is 19.0. The van der Waals surface area contributed by atoms with Crippen molar-refractivity contribution in [3.63, 3.8) is 0 Å². The van der Waals surface area contributed by atoms with Gasteiger partial charge in [-0.1, -0.05) is 30.3 Å². The summed E-state index contributed by atoms with van der Waals surface area (Å²) in [6, 6.07) is 16.7. The Hall–Kier alpha value is -3.61. The number of hydrogen-bond donors (Lipinski definition) is 2. The number of aromatic amines is 1. The summed E-state index contributed by atoms with van der Waals surface area (Å²) in [5, 5.41) is 3.82. The van der Waals surface area contributed by atoms with Crippen molar-refractivity contribution in [1.29, 1.82) is 0 Å². The number of carbonyl (C=O) groups is 1. The van der Waals surface area contributed by atoms with Crippen LogP contribution < -0.4 is 16.4 Å². The van der Waals surface area contributed by atoms with Gasteiger partial charge in [0.2, 0.25) is 0 Å². The number of fused-ring (bicyclic) bond motifs is 2. The van der Waals surface area contributed by atoms with Crippen LogP contribution in [0.3, 0.4) is 0 Å². The number of rotatable bonds is 4. The molecule has 0 radical (unpaired) electrons. The van der Waals surface area contributed by atoms with E-state index in [1.165, 1.54) is 4.57 Å². The standard InChI is InChI=1S/C20H18N4O3/c1-23-15-8-4-2-6-13(15)12-17(23)18(25)21-10-11-24-16-9-5-3-7-14(16)22-19(26)20(24)27/h2-9,12H,10-11H2,1H3,(H,21,25)(H,22,26). The van der Waals surface area contributed by atoms with E-state index in [0.717, 1.165) is 10.9 Å². The zero-order valence-corrected chi connectivity index (χ0v) is 14.7. The summed E-state index contributed by atoms with van der Waals surface area (Å²) >= 11 is 0. The van der Waals surface area contributed by atoms with Gasteiger partial charge in [0, 0.05) is 31.0 Å². The Labute approximate surface area is 153 Å². The van der Waals surface area contributed by atoms with Gasteiger partial charge in [-0.25, -0.2) is 0 Å². The molecule has 2 heterocycles. The first-order valence-electron chi connectivity index (χ1n) is 8.61. The number of hydrogen-bond acceptors (Lipinski definition) is 3. The first-order chi connectivity index (χ1) is 13.1. The Kier molecular flexibility index (Phi) is 4.12. The highest BCUT2D eigenvalue weighted by molar-refractivity contribution is 5.98. The lowest BCUT2D eigenvalue weighted by molar-refractivity contribution is 0.0944. The number of nitrogens with one attached hydrogen (secondary N) is 2. The van der Waals surface area contributed by atoms with Crippen molar-refractivity contribution in [1.82, 2.24) is 19.4 Å². The molecule has 2 aromatic heterocycles. The highest BCUT2D eigenvalue weighted by atomic mass is 16.2. The number of benzene rings is 2. The minimum atomic E-state index is -0.672. The highest BCUT2D eigenvalue weighted by Gasteiger charge is 2.13. The predicted molar refractivity (Wildman–Crippen MR) is 104 cm³/mol. The van der Waals surface area contributed by atoms with Crippen molar-refractivity contribution in [3.8, 4) is 0 Å². The number of amides is 1. The van der Waals surface area contributed by atoms with Crippen molar-refractivity contribution < 1.29 is 4.79 Å². The van der Waals surface area contributed by atoms with E-state index < -0.39 is 11.1 Å². The van der Waals surface area contributed by atoms with Gasteiger partial charge in [-0.05, 0) is 24.3 Å². The number of carbonyl (C=O) groups excluding carboxylic acids is 1. The van der Waals surface area contributed by atoms with Gasteiger partial charge in [0.05, 0.1) is 11.0 Å². The Morgan fingerprint density at radius 3 is 2.52 bits per heavy atom. The van der Waals surface area contributed by atoms with Crippen molar-refractivity contribution in [2.24, 2.45) is 7.05 Å². The van der Waals surface area contributed by atoms with E-state index in [1.807, 2.05) is 41.9 Å². The molecule has 27 heavy (non-hydrogen) atoms. The molecule has 4 rings (SSSR count). The highest BCUT2D eigenvalue weighted by Crippen LogP contribution is 2.18. The van der Waals surface area contributed by atoms with E-state index >= 15 is 0 Å². The van der Waals surface area contributed by atoms with Gasteiger partial charge < -0.3 is 19.4 Å². The molecule has 7 heteroatoms. The normalized spacial score (nSPS) is 11.1. The second-order valence-electron chi connectivity index (χ2n) is 6.33. The van der Waals surface area contributed by atoms with Crippen LogP contribution in [-0.2, 0) is 13.6 Å². The first kappa shape index (κ1) is 16.8. The van der Waals surface area contributed by atoms with Gasteiger partial charge in [-0.2, -0.15) is 0 Å². The number of aryl methyl sites for hydroxylation is 1. The molecule has 1 amide bonds.